The molecule has 0 spiro atoms. The van der Waals surface area contributed by atoms with Crippen LogP contribution in [0.4, 0.5) is 0 Å². The van der Waals surface area contributed by atoms with Crippen molar-refractivity contribution < 1.29 is 19.4 Å². The van der Waals surface area contributed by atoms with Crippen molar-refractivity contribution in [2.45, 2.75) is 18.6 Å². The third-order valence-electron chi connectivity index (χ3n) is 6.23. The fourth-order valence-electron chi connectivity index (χ4n) is 4.43. The lowest BCUT2D eigenvalue weighted by Crippen LogP contribution is -2.28. The number of fused-ring (bicyclic) bond motifs is 1. The van der Waals surface area contributed by atoms with Gasteiger partial charge in [0, 0.05) is 27.4 Å². The van der Waals surface area contributed by atoms with Gasteiger partial charge in [-0.1, -0.05) is 65.7 Å². The number of halogens is 2. The van der Waals surface area contributed by atoms with E-state index in [2.05, 4.69) is 4.98 Å². The topological polar surface area (TPSA) is 68.7 Å². The Balaban J connectivity index is 1.39. The zero-order chi connectivity index (χ0) is 25.1. The molecule has 0 aliphatic carbocycles. The van der Waals surface area contributed by atoms with Crippen molar-refractivity contribution in [1.82, 2.24) is 4.98 Å². The number of pyridine rings is 1. The lowest BCUT2D eigenvalue weighted by Gasteiger charge is -2.28. The largest absolute Gasteiger partial charge is 0.478 e. The molecular formula is C29H23Cl2NO4. The quantitative estimate of drug-likeness (QED) is 0.278. The summed E-state index contributed by atoms with van der Waals surface area (Å²) < 4.78 is 12.2. The number of rotatable bonds is 7. The second kappa shape index (κ2) is 10.4. The van der Waals surface area contributed by atoms with Gasteiger partial charge in [0.2, 0.25) is 0 Å². The molecule has 0 bridgehead atoms. The maximum absolute atomic E-state index is 11.7. The number of aromatic nitrogens is 1. The van der Waals surface area contributed by atoms with E-state index >= 15 is 0 Å². The molecule has 1 N–H and O–H groups in total. The molecule has 182 valence electrons. The first-order valence-electron chi connectivity index (χ1n) is 11.6. The number of hydrogen-bond donors (Lipinski definition) is 1. The van der Waals surface area contributed by atoms with E-state index in [1.165, 1.54) is 6.07 Å². The normalized spacial score (nSPS) is 15.1. The van der Waals surface area contributed by atoms with Gasteiger partial charge in [-0.2, -0.15) is 0 Å². The maximum Gasteiger partial charge on any atom is 0.336 e. The Bertz CT molecular complexity index is 1460. The first kappa shape index (κ1) is 24.5. The highest BCUT2D eigenvalue weighted by molar-refractivity contribution is 6.31. The monoisotopic (exact) mass is 519 g/mol. The molecule has 4 aromatic rings. The van der Waals surface area contributed by atoms with Crippen LogP contribution in [0.25, 0.3) is 23.1 Å². The van der Waals surface area contributed by atoms with Crippen molar-refractivity contribution in [2.24, 2.45) is 0 Å². The molecule has 0 saturated carbocycles. The van der Waals surface area contributed by atoms with E-state index in [1.807, 2.05) is 66.7 Å². The standard InChI is InChI=1S/C29H23Cl2NO4/c30-23-8-5-20(26(17-23)28(33)34)12-13-29(35-14-15-36-29)22-3-1-2-19(16-22)4-10-25-11-7-21-6-9-24(31)18-27(21)32-25/h1-11,16-18H,12-15H2,(H,33,34)/b10-4+. The average Bonchev–Trinajstić information content (AvgIpc) is 3.37. The Labute approximate surface area is 218 Å². The zero-order valence-electron chi connectivity index (χ0n) is 19.3. The SMILES string of the molecule is O=C(O)c1cc(Cl)ccc1CCC1(c2cccc(/C=C/c3ccc4ccc(Cl)cc4n3)c2)OCCO1. The summed E-state index contributed by atoms with van der Waals surface area (Å²) in [6.45, 7) is 0.937. The van der Waals surface area contributed by atoms with Crippen LogP contribution in [0, 0.1) is 0 Å². The highest BCUT2D eigenvalue weighted by atomic mass is 35.5. The number of benzene rings is 3. The molecule has 1 aliphatic rings. The minimum atomic E-state index is -1.01. The Morgan fingerprint density at radius 1 is 0.944 bits per heavy atom. The lowest BCUT2D eigenvalue weighted by atomic mass is 9.94. The van der Waals surface area contributed by atoms with E-state index in [9.17, 15) is 9.90 Å². The van der Waals surface area contributed by atoms with Crippen molar-refractivity contribution in [3.8, 4) is 0 Å². The molecule has 5 nitrogen and oxygen atoms in total. The lowest BCUT2D eigenvalue weighted by molar-refractivity contribution is -0.170. The van der Waals surface area contributed by atoms with Gasteiger partial charge in [-0.15, -0.1) is 0 Å². The molecule has 5 rings (SSSR count). The Morgan fingerprint density at radius 3 is 2.50 bits per heavy atom. The number of ether oxygens (including phenoxy) is 2. The molecule has 0 atom stereocenters. The van der Waals surface area contributed by atoms with Crippen LogP contribution in [-0.2, 0) is 21.7 Å². The second-order valence-corrected chi connectivity index (χ2v) is 9.46. The summed E-state index contributed by atoms with van der Waals surface area (Å²) in [6, 6.07) is 22.5. The first-order chi connectivity index (χ1) is 17.4. The van der Waals surface area contributed by atoms with Crippen LogP contribution < -0.4 is 0 Å². The predicted octanol–water partition coefficient (Wildman–Crippen LogP) is 7.24. The minimum absolute atomic E-state index is 0.191. The molecule has 1 aromatic heterocycles. The van der Waals surface area contributed by atoms with Gasteiger partial charge in [-0.05, 0) is 60.0 Å². The smallest absolute Gasteiger partial charge is 0.336 e. The van der Waals surface area contributed by atoms with Gasteiger partial charge in [0.25, 0.3) is 0 Å². The number of carboxylic acids is 1. The molecule has 1 aliphatic heterocycles. The Hall–Kier alpha value is -3.22. The number of aromatic carboxylic acids is 1. The molecule has 1 saturated heterocycles. The minimum Gasteiger partial charge on any atom is -0.478 e. The molecule has 3 aromatic carbocycles. The third kappa shape index (κ3) is 5.30. The van der Waals surface area contributed by atoms with Crippen molar-refractivity contribution in [3.05, 3.63) is 111 Å². The molecule has 36 heavy (non-hydrogen) atoms. The Kier molecular flexibility index (Phi) is 7.08. The second-order valence-electron chi connectivity index (χ2n) is 8.59. The van der Waals surface area contributed by atoms with Crippen LogP contribution in [0.2, 0.25) is 10.0 Å². The Morgan fingerprint density at radius 2 is 1.69 bits per heavy atom. The molecule has 0 amide bonds. The molecular weight excluding hydrogens is 497 g/mol. The van der Waals surface area contributed by atoms with E-state index < -0.39 is 11.8 Å². The van der Waals surface area contributed by atoms with Crippen LogP contribution in [0.1, 0.15) is 39.2 Å². The van der Waals surface area contributed by atoms with Crippen molar-refractivity contribution >= 4 is 52.2 Å². The number of carboxylic acid groups (broad SMARTS) is 1. The predicted molar refractivity (Wildman–Crippen MR) is 142 cm³/mol. The fraction of sp³-hybridized carbons (Fsp3) is 0.172. The van der Waals surface area contributed by atoms with E-state index in [4.69, 9.17) is 32.7 Å². The van der Waals surface area contributed by atoms with E-state index in [1.54, 1.807) is 12.1 Å². The van der Waals surface area contributed by atoms with Gasteiger partial charge < -0.3 is 14.6 Å². The first-order valence-corrected chi connectivity index (χ1v) is 12.3. The molecule has 1 fully saturated rings. The van der Waals surface area contributed by atoms with Crippen LogP contribution in [-0.4, -0.2) is 29.3 Å². The molecule has 0 unspecified atom stereocenters. The van der Waals surface area contributed by atoms with Crippen LogP contribution in [0.5, 0.6) is 0 Å². The summed E-state index contributed by atoms with van der Waals surface area (Å²) in [5.41, 5.74) is 4.39. The summed E-state index contributed by atoms with van der Waals surface area (Å²) >= 11 is 12.1. The van der Waals surface area contributed by atoms with Gasteiger partial charge in [0.15, 0.2) is 5.79 Å². The third-order valence-corrected chi connectivity index (χ3v) is 6.70. The number of nitrogens with zero attached hydrogens (tertiary/aromatic N) is 1. The molecule has 2 heterocycles. The van der Waals surface area contributed by atoms with Crippen molar-refractivity contribution in [2.75, 3.05) is 13.2 Å². The number of aryl methyl sites for hydroxylation is 1. The van der Waals surface area contributed by atoms with Gasteiger partial charge in [-0.25, -0.2) is 9.78 Å². The van der Waals surface area contributed by atoms with Gasteiger partial charge >= 0.3 is 5.97 Å². The van der Waals surface area contributed by atoms with E-state index in [-0.39, 0.29) is 5.56 Å². The van der Waals surface area contributed by atoms with Crippen LogP contribution in [0.3, 0.4) is 0 Å². The van der Waals surface area contributed by atoms with Gasteiger partial charge in [0.05, 0.1) is 30.0 Å². The van der Waals surface area contributed by atoms with Gasteiger partial charge in [0.1, 0.15) is 0 Å². The summed E-state index contributed by atoms with van der Waals surface area (Å²) in [6.07, 6.45) is 4.87. The number of carbonyl (C=O) groups is 1. The summed E-state index contributed by atoms with van der Waals surface area (Å²) in [4.78, 5) is 16.4. The van der Waals surface area contributed by atoms with Crippen molar-refractivity contribution in [1.29, 1.82) is 0 Å². The molecule has 0 radical (unpaired) electrons. The summed E-state index contributed by atoms with van der Waals surface area (Å²) in [7, 11) is 0. The van der Waals surface area contributed by atoms with E-state index in [0.29, 0.717) is 41.7 Å². The van der Waals surface area contributed by atoms with Crippen molar-refractivity contribution in [3.63, 3.8) is 0 Å². The van der Waals surface area contributed by atoms with Crippen LogP contribution >= 0.6 is 23.2 Å². The maximum atomic E-state index is 11.7. The summed E-state index contributed by atoms with van der Waals surface area (Å²) in [5.74, 6) is -1.96. The average molecular weight is 520 g/mol. The number of hydrogen-bond acceptors (Lipinski definition) is 4. The highest BCUT2D eigenvalue weighted by Gasteiger charge is 2.38. The fourth-order valence-corrected chi connectivity index (χ4v) is 4.77. The summed E-state index contributed by atoms with van der Waals surface area (Å²) in [5, 5.41) is 11.7. The molecule has 7 heteroatoms. The van der Waals surface area contributed by atoms with Gasteiger partial charge in [-0.3, -0.25) is 0 Å². The highest BCUT2D eigenvalue weighted by Crippen LogP contribution is 2.37. The van der Waals surface area contributed by atoms with Crippen LogP contribution in [0.15, 0.2) is 72.8 Å². The van der Waals surface area contributed by atoms with E-state index in [0.717, 1.165) is 27.7 Å². The zero-order valence-corrected chi connectivity index (χ0v) is 20.8.